The highest BCUT2D eigenvalue weighted by molar-refractivity contribution is 7.98. The fourth-order valence-electron chi connectivity index (χ4n) is 1.66. The Morgan fingerprint density at radius 3 is 2.12 bits per heavy atom. The molecule has 4 aromatic rings. The van der Waals surface area contributed by atoms with Crippen molar-refractivity contribution in [3.05, 3.63) is 39.8 Å². The maximum absolute atomic E-state index is 7.57. The monoisotopic (exact) mass is 426 g/mol. The maximum Gasteiger partial charge on any atom is 0.213 e. The van der Waals surface area contributed by atoms with Crippen molar-refractivity contribution in [1.29, 1.82) is 0 Å². The van der Waals surface area contributed by atoms with Crippen molar-refractivity contribution < 1.29 is 5.11 Å². The van der Waals surface area contributed by atoms with Crippen molar-refractivity contribution >= 4 is 46.7 Å². The minimum absolute atomic E-state index is 0.250. The number of H-pyrrole nitrogens is 3. The predicted octanol–water partition coefficient (Wildman–Crippen LogP) is 4.45. The number of aliphatic hydroxyl groups is 1. The molecular formula is C15H18N6OS4. The lowest BCUT2D eigenvalue weighted by atomic mass is 10.4. The standard InChI is InChI=1S/C7H7N3S2.C6H5N3S2.C2H6O/c1-11-7-8-6(9-10-7)5-3-2-4-12-5;10-6-7-5(8-9-6)4-2-1-3-11-4;1-2-3/h2-4H,1H3,(H,8,9,10);1-3H,(H2,7,8,9,10);3H,2H2,1H3. The molecule has 0 fully saturated rings. The van der Waals surface area contributed by atoms with Crippen molar-refractivity contribution in [2.75, 3.05) is 12.9 Å². The largest absolute Gasteiger partial charge is 0.397 e. The van der Waals surface area contributed by atoms with E-state index in [9.17, 15) is 0 Å². The molecule has 4 heterocycles. The van der Waals surface area contributed by atoms with E-state index in [-0.39, 0.29) is 6.61 Å². The van der Waals surface area contributed by atoms with Crippen LogP contribution in [0.25, 0.3) is 21.4 Å². The molecule has 0 amide bonds. The topological polar surface area (TPSA) is 106 Å². The fraction of sp³-hybridized carbons (Fsp3) is 0.200. The lowest BCUT2D eigenvalue weighted by molar-refractivity contribution is 0.318. The molecule has 26 heavy (non-hydrogen) atoms. The molecular weight excluding hydrogens is 408 g/mol. The average molecular weight is 427 g/mol. The van der Waals surface area contributed by atoms with Crippen LogP contribution in [0.4, 0.5) is 0 Å². The predicted molar refractivity (Wildman–Crippen MR) is 111 cm³/mol. The Morgan fingerprint density at radius 1 is 1.08 bits per heavy atom. The molecule has 0 aliphatic rings. The molecule has 4 N–H and O–H groups in total. The summed E-state index contributed by atoms with van der Waals surface area (Å²) in [5.74, 6) is 1.67. The molecule has 0 bridgehead atoms. The van der Waals surface area contributed by atoms with Gasteiger partial charge in [0.15, 0.2) is 11.6 Å². The molecule has 4 aromatic heterocycles. The molecule has 0 aliphatic heterocycles. The first-order chi connectivity index (χ1) is 12.7. The van der Waals surface area contributed by atoms with Gasteiger partial charge >= 0.3 is 0 Å². The van der Waals surface area contributed by atoms with E-state index in [4.69, 9.17) is 17.3 Å². The molecule has 0 saturated heterocycles. The van der Waals surface area contributed by atoms with Crippen LogP contribution in [0.5, 0.6) is 0 Å². The molecule has 11 heteroatoms. The second-order valence-electron chi connectivity index (χ2n) is 4.46. The lowest BCUT2D eigenvalue weighted by Gasteiger charge is -1.84. The molecule has 0 atom stereocenters. The van der Waals surface area contributed by atoms with E-state index >= 15 is 0 Å². The third kappa shape index (κ3) is 6.18. The first-order valence-corrected chi connectivity index (χ1v) is 10.9. The van der Waals surface area contributed by atoms with Gasteiger partial charge in [0.1, 0.15) is 0 Å². The minimum Gasteiger partial charge on any atom is -0.397 e. The summed E-state index contributed by atoms with van der Waals surface area (Å²) in [6, 6.07) is 7.99. The smallest absolute Gasteiger partial charge is 0.213 e. The number of hydrogen-bond acceptors (Lipinski definition) is 8. The van der Waals surface area contributed by atoms with Gasteiger partial charge in [-0.1, -0.05) is 23.9 Å². The number of rotatable bonds is 3. The zero-order valence-corrected chi connectivity index (χ0v) is 17.4. The Hall–Kier alpha value is -1.79. The van der Waals surface area contributed by atoms with Gasteiger partial charge in [-0.15, -0.1) is 27.8 Å². The Morgan fingerprint density at radius 2 is 1.69 bits per heavy atom. The highest BCUT2D eigenvalue weighted by Gasteiger charge is 2.04. The van der Waals surface area contributed by atoms with E-state index in [1.165, 1.54) is 11.8 Å². The SMILES string of the molecule is CCO.CSc1n[nH]c(-c2cccs2)n1.S=c1nc(-c2cccs2)[nH][nH]1. The summed E-state index contributed by atoms with van der Waals surface area (Å²) in [5.41, 5.74) is 0. The second-order valence-corrected chi connectivity index (χ2v) is 7.51. The Kier molecular flexibility index (Phi) is 8.71. The highest BCUT2D eigenvalue weighted by Crippen LogP contribution is 2.22. The maximum atomic E-state index is 7.57. The average Bonchev–Trinajstić information content (AvgIpc) is 3.41. The van der Waals surface area contributed by atoms with Crippen LogP contribution < -0.4 is 0 Å². The number of nitrogens with one attached hydrogen (secondary N) is 3. The van der Waals surface area contributed by atoms with Gasteiger partial charge in [-0.25, -0.2) is 4.98 Å². The van der Waals surface area contributed by atoms with Crippen LogP contribution in [-0.4, -0.2) is 48.3 Å². The van der Waals surface area contributed by atoms with E-state index in [1.54, 1.807) is 29.6 Å². The first kappa shape index (κ1) is 20.5. The summed E-state index contributed by atoms with van der Waals surface area (Å²) in [6.45, 7) is 1.93. The summed E-state index contributed by atoms with van der Waals surface area (Å²) >= 11 is 9.64. The van der Waals surface area contributed by atoms with E-state index in [2.05, 4.69) is 30.4 Å². The van der Waals surface area contributed by atoms with E-state index in [0.717, 1.165) is 26.6 Å². The van der Waals surface area contributed by atoms with Gasteiger partial charge in [-0.3, -0.25) is 15.3 Å². The van der Waals surface area contributed by atoms with E-state index in [1.807, 2.05) is 41.3 Å². The summed E-state index contributed by atoms with van der Waals surface area (Å²) < 4.78 is 0.494. The normalized spacial score (nSPS) is 9.81. The van der Waals surface area contributed by atoms with Crippen molar-refractivity contribution in [3.8, 4) is 21.4 Å². The Balaban J connectivity index is 0.000000163. The third-order valence-electron chi connectivity index (χ3n) is 2.66. The lowest BCUT2D eigenvalue weighted by Crippen LogP contribution is -1.73. The van der Waals surface area contributed by atoms with Crippen molar-refractivity contribution in [1.82, 2.24) is 30.4 Å². The van der Waals surface area contributed by atoms with E-state index < -0.39 is 0 Å². The van der Waals surface area contributed by atoms with Gasteiger partial charge in [0, 0.05) is 6.61 Å². The van der Waals surface area contributed by atoms with Crippen LogP contribution in [0.15, 0.2) is 40.2 Å². The van der Waals surface area contributed by atoms with E-state index in [0.29, 0.717) is 4.77 Å². The summed E-state index contributed by atoms with van der Waals surface area (Å²) in [4.78, 5) is 10.6. The summed E-state index contributed by atoms with van der Waals surface area (Å²) in [6.07, 6.45) is 1.96. The van der Waals surface area contributed by atoms with Gasteiger partial charge in [0.25, 0.3) is 0 Å². The summed E-state index contributed by atoms with van der Waals surface area (Å²) in [5, 5.41) is 24.9. The molecule has 0 aliphatic carbocycles. The van der Waals surface area contributed by atoms with Crippen LogP contribution in [0, 0.1) is 4.77 Å². The quantitative estimate of drug-likeness (QED) is 0.285. The Labute approximate surface area is 167 Å². The zero-order chi connectivity index (χ0) is 18.8. The number of aromatic amines is 3. The third-order valence-corrected chi connectivity index (χ3v) is 5.15. The van der Waals surface area contributed by atoms with Gasteiger partial charge < -0.3 is 5.11 Å². The Bertz CT molecular complexity index is 910. The molecule has 0 spiro atoms. The van der Waals surface area contributed by atoms with Gasteiger partial charge in [0.2, 0.25) is 9.93 Å². The summed E-state index contributed by atoms with van der Waals surface area (Å²) in [7, 11) is 0. The number of thiophene rings is 2. The molecule has 0 radical (unpaired) electrons. The van der Waals surface area contributed by atoms with Gasteiger partial charge in [-0.05, 0) is 48.3 Å². The van der Waals surface area contributed by atoms with Gasteiger partial charge in [-0.2, -0.15) is 4.98 Å². The number of nitrogens with zero attached hydrogens (tertiary/aromatic N) is 3. The van der Waals surface area contributed by atoms with Crippen molar-refractivity contribution in [2.24, 2.45) is 0 Å². The first-order valence-electron chi connectivity index (χ1n) is 7.47. The van der Waals surface area contributed by atoms with Crippen molar-refractivity contribution in [2.45, 2.75) is 12.1 Å². The number of thioether (sulfide) groups is 1. The van der Waals surface area contributed by atoms with Crippen LogP contribution in [0.3, 0.4) is 0 Å². The second kappa shape index (κ2) is 11.0. The number of aliphatic hydroxyl groups excluding tert-OH is 1. The van der Waals surface area contributed by atoms with Crippen LogP contribution in [0.2, 0.25) is 0 Å². The molecule has 7 nitrogen and oxygen atoms in total. The highest BCUT2D eigenvalue weighted by atomic mass is 32.2. The fourth-order valence-corrected chi connectivity index (χ4v) is 3.46. The molecule has 138 valence electrons. The number of hydrogen-bond donors (Lipinski definition) is 4. The van der Waals surface area contributed by atoms with Crippen LogP contribution in [-0.2, 0) is 0 Å². The molecule has 0 unspecified atom stereocenters. The minimum atomic E-state index is 0.250. The van der Waals surface area contributed by atoms with Gasteiger partial charge in [0.05, 0.1) is 9.75 Å². The molecule has 0 saturated carbocycles. The van der Waals surface area contributed by atoms with Crippen LogP contribution in [0.1, 0.15) is 6.92 Å². The van der Waals surface area contributed by atoms with Crippen molar-refractivity contribution in [3.63, 3.8) is 0 Å². The van der Waals surface area contributed by atoms with Crippen LogP contribution >= 0.6 is 46.7 Å². The molecule has 0 aromatic carbocycles. The zero-order valence-electron chi connectivity index (χ0n) is 14.1. The molecule has 4 rings (SSSR count). The number of aromatic nitrogens is 6.